The van der Waals surface area contributed by atoms with Crippen LogP contribution in [0.15, 0.2) is 18.2 Å². The van der Waals surface area contributed by atoms with E-state index >= 15 is 0 Å². The molecular formula is C12H13FN2O2. The minimum absolute atomic E-state index is 0.0579. The van der Waals surface area contributed by atoms with Crippen molar-refractivity contribution in [2.45, 2.75) is 19.3 Å². The van der Waals surface area contributed by atoms with Gasteiger partial charge in [0.2, 0.25) is 5.91 Å². The van der Waals surface area contributed by atoms with E-state index in [9.17, 15) is 9.18 Å². The summed E-state index contributed by atoms with van der Waals surface area (Å²) in [5, 5.41) is 19.7. The summed E-state index contributed by atoms with van der Waals surface area (Å²) in [5.41, 5.74) is 0.301. The molecule has 1 rings (SSSR count). The predicted molar refractivity (Wildman–Crippen MR) is 60.7 cm³/mol. The molecule has 1 aromatic rings. The first-order chi connectivity index (χ1) is 8.17. The van der Waals surface area contributed by atoms with Gasteiger partial charge in [-0.25, -0.2) is 4.39 Å². The van der Waals surface area contributed by atoms with Crippen molar-refractivity contribution in [1.82, 2.24) is 0 Å². The molecule has 0 bridgehead atoms. The Bertz CT molecular complexity index is 441. The number of halogens is 1. The van der Waals surface area contributed by atoms with Crippen molar-refractivity contribution in [3.63, 3.8) is 0 Å². The maximum absolute atomic E-state index is 13.0. The number of rotatable bonds is 5. The van der Waals surface area contributed by atoms with E-state index in [2.05, 4.69) is 5.32 Å². The number of amides is 1. The van der Waals surface area contributed by atoms with Crippen LogP contribution in [0.3, 0.4) is 0 Å². The average molecular weight is 236 g/mol. The van der Waals surface area contributed by atoms with E-state index in [-0.39, 0.29) is 18.1 Å². The van der Waals surface area contributed by atoms with E-state index in [0.29, 0.717) is 24.9 Å². The highest BCUT2D eigenvalue weighted by Crippen LogP contribution is 2.14. The van der Waals surface area contributed by atoms with Crippen molar-refractivity contribution in [2.75, 3.05) is 11.9 Å². The van der Waals surface area contributed by atoms with Gasteiger partial charge < -0.3 is 10.4 Å². The number of nitrogens with one attached hydrogen (secondary N) is 1. The van der Waals surface area contributed by atoms with Gasteiger partial charge in [0.1, 0.15) is 11.9 Å². The van der Waals surface area contributed by atoms with Crippen molar-refractivity contribution in [3.8, 4) is 6.07 Å². The molecule has 0 fully saturated rings. The van der Waals surface area contributed by atoms with Gasteiger partial charge in [-0.3, -0.25) is 4.79 Å². The first-order valence-electron chi connectivity index (χ1n) is 5.27. The van der Waals surface area contributed by atoms with Crippen LogP contribution in [-0.2, 0) is 4.79 Å². The molecule has 0 aromatic heterocycles. The number of hydrogen-bond acceptors (Lipinski definition) is 3. The summed E-state index contributed by atoms with van der Waals surface area (Å²) < 4.78 is 13.0. The van der Waals surface area contributed by atoms with Gasteiger partial charge in [0.05, 0.1) is 5.56 Å². The van der Waals surface area contributed by atoms with Gasteiger partial charge >= 0.3 is 0 Å². The lowest BCUT2D eigenvalue weighted by Crippen LogP contribution is -2.11. The topological polar surface area (TPSA) is 73.1 Å². The molecule has 0 aliphatic heterocycles. The lowest BCUT2D eigenvalue weighted by atomic mass is 10.2. The Morgan fingerprint density at radius 3 is 2.88 bits per heavy atom. The van der Waals surface area contributed by atoms with E-state index < -0.39 is 5.82 Å². The van der Waals surface area contributed by atoms with Crippen LogP contribution in [0.4, 0.5) is 10.1 Å². The Morgan fingerprint density at radius 2 is 2.24 bits per heavy atom. The molecule has 0 spiro atoms. The quantitative estimate of drug-likeness (QED) is 0.765. The van der Waals surface area contributed by atoms with Crippen LogP contribution in [-0.4, -0.2) is 17.6 Å². The first kappa shape index (κ1) is 13.1. The molecule has 0 unspecified atom stereocenters. The molecule has 0 aliphatic rings. The molecular weight excluding hydrogens is 223 g/mol. The lowest BCUT2D eigenvalue weighted by Gasteiger charge is -2.05. The summed E-state index contributed by atoms with van der Waals surface area (Å²) in [4.78, 5) is 11.4. The van der Waals surface area contributed by atoms with Crippen LogP contribution in [0.5, 0.6) is 0 Å². The van der Waals surface area contributed by atoms with E-state index in [1.54, 1.807) is 6.07 Å². The number of carbonyl (C=O) groups is 1. The summed E-state index contributed by atoms with van der Waals surface area (Å²) in [7, 11) is 0. The van der Waals surface area contributed by atoms with Crippen molar-refractivity contribution in [2.24, 2.45) is 0 Å². The molecule has 0 heterocycles. The third-order valence-electron chi connectivity index (χ3n) is 2.18. The summed E-state index contributed by atoms with van der Waals surface area (Å²) >= 11 is 0. The number of benzene rings is 1. The second-order valence-electron chi connectivity index (χ2n) is 3.54. The minimum atomic E-state index is -0.606. The van der Waals surface area contributed by atoms with E-state index in [1.807, 2.05) is 0 Å². The van der Waals surface area contributed by atoms with Gasteiger partial charge in [-0.05, 0) is 31.0 Å². The Morgan fingerprint density at radius 1 is 1.47 bits per heavy atom. The molecule has 1 amide bonds. The molecule has 0 aliphatic carbocycles. The summed E-state index contributed by atoms with van der Waals surface area (Å²) in [6, 6.07) is 5.54. The largest absolute Gasteiger partial charge is 0.396 e. The third kappa shape index (κ3) is 4.21. The number of hydrogen-bond donors (Lipinski definition) is 2. The van der Waals surface area contributed by atoms with Crippen LogP contribution in [0.25, 0.3) is 0 Å². The van der Waals surface area contributed by atoms with E-state index in [4.69, 9.17) is 10.4 Å². The number of aliphatic hydroxyl groups excluding tert-OH is 1. The minimum Gasteiger partial charge on any atom is -0.396 e. The molecule has 0 radical (unpaired) electrons. The van der Waals surface area contributed by atoms with Crippen LogP contribution < -0.4 is 5.32 Å². The van der Waals surface area contributed by atoms with Gasteiger partial charge in [0.25, 0.3) is 0 Å². The van der Waals surface area contributed by atoms with Crippen molar-refractivity contribution in [3.05, 3.63) is 29.6 Å². The summed E-state index contributed by atoms with van der Waals surface area (Å²) in [5.74, 6) is -0.820. The van der Waals surface area contributed by atoms with Crippen molar-refractivity contribution >= 4 is 11.6 Å². The number of aliphatic hydroxyl groups is 1. The number of nitriles is 1. The number of anilines is 1. The van der Waals surface area contributed by atoms with Gasteiger partial charge in [0.15, 0.2) is 0 Å². The molecule has 0 saturated heterocycles. The number of nitrogens with zero attached hydrogens (tertiary/aromatic N) is 1. The fourth-order valence-corrected chi connectivity index (χ4v) is 1.31. The number of carbonyl (C=O) groups excluding carboxylic acids is 1. The highest BCUT2D eigenvalue weighted by molar-refractivity contribution is 5.90. The van der Waals surface area contributed by atoms with E-state index in [0.717, 1.165) is 6.07 Å². The molecule has 17 heavy (non-hydrogen) atoms. The molecule has 90 valence electrons. The van der Waals surface area contributed by atoms with Crippen LogP contribution >= 0.6 is 0 Å². The third-order valence-corrected chi connectivity index (χ3v) is 2.18. The smallest absolute Gasteiger partial charge is 0.224 e. The Hall–Kier alpha value is -1.93. The molecule has 2 N–H and O–H groups in total. The predicted octanol–water partition coefficient (Wildman–Crippen LogP) is 1.80. The van der Waals surface area contributed by atoms with Crippen molar-refractivity contribution in [1.29, 1.82) is 5.26 Å². The second kappa shape index (κ2) is 6.61. The van der Waals surface area contributed by atoms with Crippen molar-refractivity contribution < 1.29 is 14.3 Å². The average Bonchev–Trinajstić information content (AvgIpc) is 2.32. The first-order valence-corrected chi connectivity index (χ1v) is 5.27. The highest BCUT2D eigenvalue weighted by atomic mass is 19.1. The maximum Gasteiger partial charge on any atom is 0.224 e. The normalized spacial score (nSPS) is 9.71. The van der Waals surface area contributed by atoms with E-state index in [1.165, 1.54) is 12.1 Å². The molecule has 1 aromatic carbocycles. The van der Waals surface area contributed by atoms with Crippen LogP contribution in [0.2, 0.25) is 0 Å². The van der Waals surface area contributed by atoms with Gasteiger partial charge in [-0.2, -0.15) is 5.26 Å². The molecule has 4 nitrogen and oxygen atoms in total. The standard InChI is InChI=1S/C12H13FN2O2/c13-11-5-4-10(7-9(11)8-14)15-12(17)3-1-2-6-16/h4-5,7,16H,1-3,6H2,(H,15,17). The summed E-state index contributed by atoms with van der Waals surface area (Å²) in [6.07, 6.45) is 1.45. The molecule has 0 atom stereocenters. The zero-order valence-corrected chi connectivity index (χ0v) is 9.24. The molecule has 0 saturated carbocycles. The SMILES string of the molecule is N#Cc1cc(NC(=O)CCCCO)ccc1F. The van der Waals surface area contributed by atoms with Gasteiger partial charge in [0, 0.05) is 18.7 Å². The van der Waals surface area contributed by atoms with Gasteiger partial charge in [-0.1, -0.05) is 0 Å². The zero-order chi connectivity index (χ0) is 12.7. The summed E-state index contributed by atoms with van der Waals surface area (Å²) in [6.45, 7) is 0.0579. The lowest BCUT2D eigenvalue weighted by molar-refractivity contribution is -0.116. The fraction of sp³-hybridized carbons (Fsp3) is 0.333. The zero-order valence-electron chi connectivity index (χ0n) is 9.24. The Labute approximate surface area is 98.7 Å². The van der Waals surface area contributed by atoms with Crippen LogP contribution in [0, 0.1) is 17.1 Å². The second-order valence-corrected chi connectivity index (χ2v) is 3.54. The van der Waals surface area contributed by atoms with Crippen LogP contribution in [0.1, 0.15) is 24.8 Å². The maximum atomic E-state index is 13.0. The number of unbranched alkanes of at least 4 members (excludes halogenated alkanes) is 1. The monoisotopic (exact) mass is 236 g/mol. The Balaban J connectivity index is 2.57. The Kier molecular flexibility index (Phi) is 5.11. The molecule has 5 heteroatoms. The highest BCUT2D eigenvalue weighted by Gasteiger charge is 2.05. The van der Waals surface area contributed by atoms with Gasteiger partial charge in [-0.15, -0.1) is 0 Å². The fourth-order valence-electron chi connectivity index (χ4n) is 1.31.